The van der Waals surface area contributed by atoms with Crippen molar-refractivity contribution in [2.45, 2.75) is 13.0 Å². The van der Waals surface area contributed by atoms with E-state index in [1.54, 1.807) is 12.1 Å². The van der Waals surface area contributed by atoms with E-state index >= 15 is 0 Å². The summed E-state index contributed by atoms with van der Waals surface area (Å²) in [5.41, 5.74) is 1.20. The molecule has 2 aromatic carbocycles. The molecular weight excluding hydrogens is 324 g/mol. The Bertz CT molecular complexity index is 734. The lowest BCUT2D eigenvalue weighted by molar-refractivity contribution is -0.141. The molecule has 0 unspecified atom stereocenters. The zero-order valence-corrected chi connectivity index (χ0v) is 14.0. The Morgan fingerprint density at radius 1 is 1.16 bits per heavy atom. The maximum Gasteiger partial charge on any atom is 0.319 e. The molecule has 0 bridgehead atoms. The number of ether oxygens (including phenoxy) is 2. The maximum absolute atomic E-state index is 12.2. The molecule has 0 aliphatic carbocycles. The number of esters is 1. The summed E-state index contributed by atoms with van der Waals surface area (Å²) in [5, 5.41) is 15.1. The first-order valence-corrected chi connectivity index (χ1v) is 7.62. The lowest BCUT2D eigenvalue weighted by atomic mass is 10.1. The van der Waals surface area contributed by atoms with Crippen molar-refractivity contribution in [1.82, 2.24) is 5.32 Å². The van der Waals surface area contributed by atoms with Crippen LogP contribution in [0.5, 0.6) is 11.5 Å². The van der Waals surface area contributed by atoms with Crippen LogP contribution in [0.2, 0.25) is 0 Å². The molecule has 7 heteroatoms. The van der Waals surface area contributed by atoms with Crippen molar-refractivity contribution in [3.63, 3.8) is 0 Å². The monoisotopic (exact) mass is 344 g/mol. The fraction of sp³-hybridized carbons (Fsp3) is 0.222. The van der Waals surface area contributed by atoms with Crippen LogP contribution in [-0.2, 0) is 9.53 Å². The summed E-state index contributed by atoms with van der Waals surface area (Å²) in [5.74, 6) is -0.203. The number of hydrogen-bond acceptors (Lipinski definition) is 5. The van der Waals surface area contributed by atoms with Gasteiger partial charge in [-0.15, -0.1) is 0 Å². The highest BCUT2D eigenvalue weighted by atomic mass is 16.5. The normalized spacial score (nSPS) is 11.3. The largest absolute Gasteiger partial charge is 0.504 e. The van der Waals surface area contributed by atoms with E-state index in [2.05, 4.69) is 10.6 Å². The first-order valence-electron chi connectivity index (χ1n) is 7.62. The van der Waals surface area contributed by atoms with Gasteiger partial charge in [0.2, 0.25) is 0 Å². The Kier molecular flexibility index (Phi) is 6.22. The van der Waals surface area contributed by atoms with Gasteiger partial charge in [0.1, 0.15) is 6.61 Å². The van der Waals surface area contributed by atoms with Crippen LogP contribution >= 0.6 is 0 Å². The average Bonchev–Trinajstić information content (AvgIpc) is 2.59. The molecule has 0 aromatic heterocycles. The number of urea groups is 1. The van der Waals surface area contributed by atoms with Gasteiger partial charge in [0.25, 0.3) is 0 Å². The topological polar surface area (TPSA) is 96.9 Å². The second-order valence-electron chi connectivity index (χ2n) is 5.25. The predicted octanol–water partition coefficient (Wildman–Crippen LogP) is 2.83. The van der Waals surface area contributed by atoms with Crippen molar-refractivity contribution in [2.24, 2.45) is 0 Å². The van der Waals surface area contributed by atoms with E-state index in [0.717, 1.165) is 5.56 Å². The third kappa shape index (κ3) is 5.42. The molecule has 132 valence electrons. The van der Waals surface area contributed by atoms with Gasteiger partial charge in [-0.25, -0.2) is 4.79 Å². The Morgan fingerprint density at radius 2 is 1.88 bits per heavy atom. The van der Waals surface area contributed by atoms with Gasteiger partial charge in [-0.2, -0.15) is 0 Å². The zero-order valence-electron chi connectivity index (χ0n) is 14.0. The minimum Gasteiger partial charge on any atom is -0.504 e. The summed E-state index contributed by atoms with van der Waals surface area (Å²) in [6.07, 6.45) is 0. The summed E-state index contributed by atoms with van der Waals surface area (Å²) in [4.78, 5) is 23.3. The molecule has 0 saturated carbocycles. The molecule has 0 radical (unpaired) electrons. The minimum atomic E-state index is -0.503. The van der Waals surface area contributed by atoms with E-state index in [1.165, 1.54) is 20.1 Å². The van der Waals surface area contributed by atoms with E-state index in [0.29, 0.717) is 11.4 Å². The number of carbonyl (C=O) groups excluding carboxylic acids is 2. The number of rotatable bonds is 6. The Morgan fingerprint density at radius 3 is 2.48 bits per heavy atom. The van der Waals surface area contributed by atoms with Crippen LogP contribution in [0.3, 0.4) is 0 Å². The van der Waals surface area contributed by atoms with E-state index < -0.39 is 18.0 Å². The number of methoxy groups -OCH3 is 1. The molecule has 25 heavy (non-hydrogen) atoms. The van der Waals surface area contributed by atoms with Crippen LogP contribution in [0.4, 0.5) is 10.5 Å². The van der Waals surface area contributed by atoms with Crippen molar-refractivity contribution in [1.29, 1.82) is 0 Å². The van der Waals surface area contributed by atoms with Gasteiger partial charge < -0.3 is 25.2 Å². The number of carbonyl (C=O) groups is 2. The minimum absolute atomic E-state index is 0.0145. The Balaban J connectivity index is 2.05. The SMILES string of the molecule is COc1ccc(NC(=O)N[C@@H](COC(C)=O)c2ccccc2)cc1O. The fourth-order valence-electron chi connectivity index (χ4n) is 2.20. The zero-order chi connectivity index (χ0) is 18.2. The van der Waals surface area contributed by atoms with E-state index in [4.69, 9.17) is 9.47 Å². The van der Waals surface area contributed by atoms with Gasteiger partial charge in [-0.1, -0.05) is 30.3 Å². The third-order valence-corrected chi connectivity index (χ3v) is 3.40. The molecule has 7 nitrogen and oxygen atoms in total. The van der Waals surface area contributed by atoms with Gasteiger partial charge in [0, 0.05) is 18.7 Å². The Hall–Kier alpha value is -3.22. The molecule has 0 spiro atoms. The molecule has 0 saturated heterocycles. The summed E-state index contributed by atoms with van der Waals surface area (Å²) in [7, 11) is 1.44. The van der Waals surface area contributed by atoms with Gasteiger partial charge in [-0.05, 0) is 17.7 Å². The molecule has 2 aromatic rings. The van der Waals surface area contributed by atoms with E-state index in [9.17, 15) is 14.7 Å². The molecule has 2 rings (SSSR count). The third-order valence-electron chi connectivity index (χ3n) is 3.40. The van der Waals surface area contributed by atoms with Gasteiger partial charge in [0.15, 0.2) is 11.5 Å². The lowest BCUT2D eigenvalue weighted by Crippen LogP contribution is -2.35. The van der Waals surface area contributed by atoms with E-state index in [1.807, 2.05) is 30.3 Å². The maximum atomic E-state index is 12.2. The number of aromatic hydroxyl groups is 1. The molecule has 0 aliphatic heterocycles. The number of anilines is 1. The fourth-order valence-corrected chi connectivity index (χ4v) is 2.20. The highest BCUT2D eigenvalue weighted by Gasteiger charge is 2.16. The number of hydrogen-bond donors (Lipinski definition) is 3. The second kappa shape index (κ2) is 8.58. The number of nitrogens with one attached hydrogen (secondary N) is 2. The van der Waals surface area contributed by atoms with Crippen molar-refractivity contribution >= 4 is 17.7 Å². The van der Waals surface area contributed by atoms with Crippen molar-refractivity contribution in [3.8, 4) is 11.5 Å². The smallest absolute Gasteiger partial charge is 0.319 e. The lowest BCUT2D eigenvalue weighted by Gasteiger charge is -2.19. The van der Waals surface area contributed by atoms with Crippen molar-refractivity contribution in [3.05, 3.63) is 54.1 Å². The summed E-state index contributed by atoms with van der Waals surface area (Å²) in [6, 6.07) is 12.7. The van der Waals surface area contributed by atoms with Gasteiger partial charge in [-0.3, -0.25) is 4.79 Å². The molecule has 0 aliphatic rings. The van der Waals surface area contributed by atoms with Crippen LogP contribution in [0.15, 0.2) is 48.5 Å². The number of phenols is 1. The number of amides is 2. The Labute approximate surface area is 145 Å². The quantitative estimate of drug-likeness (QED) is 0.700. The van der Waals surface area contributed by atoms with Crippen LogP contribution in [0.1, 0.15) is 18.5 Å². The van der Waals surface area contributed by atoms with Crippen LogP contribution in [0, 0.1) is 0 Å². The summed E-state index contributed by atoms with van der Waals surface area (Å²) < 4.78 is 9.98. The molecule has 3 N–H and O–H groups in total. The molecule has 0 fully saturated rings. The second-order valence-corrected chi connectivity index (χ2v) is 5.25. The predicted molar refractivity (Wildman–Crippen MR) is 92.6 cm³/mol. The van der Waals surface area contributed by atoms with Gasteiger partial charge in [0.05, 0.1) is 13.2 Å². The van der Waals surface area contributed by atoms with E-state index in [-0.39, 0.29) is 12.4 Å². The highest BCUT2D eigenvalue weighted by molar-refractivity contribution is 5.90. The molecular formula is C18H20N2O5. The average molecular weight is 344 g/mol. The van der Waals surface area contributed by atoms with Crippen LogP contribution in [-0.4, -0.2) is 30.8 Å². The standard InChI is InChI=1S/C18H20N2O5/c1-12(21)25-11-15(13-6-4-3-5-7-13)20-18(23)19-14-8-9-17(24-2)16(22)10-14/h3-10,15,22H,11H2,1-2H3,(H2,19,20,23)/t15-/m0/s1. The van der Waals surface area contributed by atoms with Crippen molar-refractivity contribution in [2.75, 3.05) is 19.0 Å². The highest BCUT2D eigenvalue weighted by Crippen LogP contribution is 2.28. The van der Waals surface area contributed by atoms with Crippen LogP contribution < -0.4 is 15.4 Å². The van der Waals surface area contributed by atoms with Crippen molar-refractivity contribution < 1.29 is 24.2 Å². The molecule has 0 heterocycles. The summed E-state index contributed by atoms with van der Waals surface area (Å²) >= 11 is 0. The summed E-state index contributed by atoms with van der Waals surface area (Å²) in [6.45, 7) is 1.32. The molecule has 1 atom stereocenters. The van der Waals surface area contributed by atoms with Crippen LogP contribution in [0.25, 0.3) is 0 Å². The molecule has 2 amide bonds. The van der Waals surface area contributed by atoms with Gasteiger partial charge >= 0.3 is 12.0 Å². The first-order chi connectivity index (χ1) is 12.0. The number of phenolic OH excluding ortho intramolecular Hbond substituents is 1. The first kappa shape index (κ1) is 18.1. The number of benzene rings is 2.